The Bertz CT molecular complexity index is 466. The first-order valence-corrected chi connectivity index (χ1v) is 5.53. The maximum absolute atomic E-state index is 11.6. The molecule has 0 aliphatic heterocycles. The van der Waals surface area contributed by atoms with E-state index in [1.807, 2.05) is 17.5 Å². The second kappa shape index (κ2) is 4.71. The Labute approximate surface area is 96.3 Å². The van der Waals surface area contributed by atoms with Gasteiger partial charge >= 0.3 is 0 Å². The van der Waals surface area contributed by atoms with Crippen molar-refractivity contribution in [3.8, 4) is 0 Å². The van der Waals surface area contributed by atoms with Crippen LogP contribution in [-0.2, 0) is 6.54 Å². The second-order valence-corrected chi connectivity index (χ2v) is 4.14. The van der Waals surface area contributed by atoms with Gasteiger partial charge in [-0.3, -0.25) is 4.79 Å². The van der Waals surface area contributed by atoms with Gasteiger partial charge in [-0.05, 0) is 23.6 Å². The molecule has 3 N–H and O–H groups in total. The quantitative estimate of drug-likeness (QED) is 0.831. The zero-order valence-electron chi connectivity index (χ0n) is 8.38. The van der Waals surface area contributed by atoms with Crippen LogP contribution in [0.3, 0.4) is 0 Å². The molecule has 0 saturated heterocycles. The van der Waals surface area contributed by atoms with Crippen LogP contribution in [0, 0.1) is 0 Å². The molecule has 82 valence electrons. The fourth-order valence-electron chi connectivity index (χ4n) is 1.13. The molecule has 0 bridgehead atoms. The topological polar surface area (TPSA) is 80.9 Å². The molecule has 0 saturated carbocycles. The van der Waals surface area contributed by atoms with E-state index < -0.39 is 0 Å². The lowest BCUT2D eigenvalue weighted by Gasteiger charge is -2.02. The lowest BCUT2D eigenvalue weighted by atomic mass is 10.3. The predicted molar refractivity (Wildman–Crippen MR) is 61.9 cm³/mol. The van der Waals surface area contributed by atoms with Crippen molar-refractivity contribution < 1.29 is 4.79 Å². The van der Waals surface area contributed by atoms with E-state index in [0.717, 1.165) is 4.88 Å². The Kier molecular flexibility index (Phi) is 3.11. The summed E-state index contributed by atoms with van der Waals surface area (Å²) in [7, 11) is 0. The van der Waals surface area contributed by atoms with Crippen molar-refractivity contribution >= 4 is 23.1 Å². The molecule has 0 aromatic carbocycles. The molecule has 0 atom stereocenters. The average molecular weight is 234 g/mol. The maximum Gasteiger partial charge on any atom is 0.272 e. The summed E-state index contributed by atoms with van der Waals surface area (Å²) in [6, 6.07) is 6.99. The van der Waals surface area contributed by atoms with Crippen molar-refractivity contribution in [3.05, 3.63) is 40.2 Å². The minimum Gasteiger partial charge on any atom is -0.382 e. The summed E-state index contributed by atoms with van der Waals surface area (Å²) in [5.41, 5.74) is 5.64. The third kappa shape index (κ3) is 2.54. The van der Waals surface area contributed by atoms with Gasteiger partial charge in [0.25, 0.3) is 5.91 Å². The van der Waals surface area contributed by atoms with Gasteiger partial charge in [-0.15, -0.1) is 21.5 Å². The van der Waals surface area contributed by atoms with Gasteiger partial charge in [0.05, 0.1) is 6.54 Å². The Morgan fingerprint density at radius 3 is 2.88 bits per heavy atom. The van der Waals surface area contributed by atoms with Crippen LogP contribution >= 0.6 is 11.3 Å². The predicted octanol–water partition coefficient (Wildman–Crippen LogP) is 1.05. The lowest BCUT2D eigenvalue weighted by molar-refractivity contribution is 0.0945. The van der Waals surface area contributed by atoms with Crippen LogP contribution in [0.2, 0.25) is 0 Å². The van der Waals surface area contributed by atoms with Gasteiger partial charge in [0.2, 0.25) is 0 Å². The number of carbonyl (C=O) groups excluding carboxylic acids is 1. The number of carbonyl (C=O) groups is 1. The fourth-order valence-corrected chi connectivity index (χ4v) is 1.78. The maximum atomic E-state index is 11.6. The largest absolute Gasteiger partial charge is 0.382 e. The van der Waals surface area contributed by atoms with Crippen LogP contribution in [0.25, 0.3) is 0 Å². The minimum absolute atomic E-state index is 0.249. The van der Waals surface area contributed by atoms with Crippen LogP contribution < -0.4 is 11.1 Å². The lowest BCUT2D eigenvalue weighted by Crippen LogP contribution is -2.23. The fraction of sp³-hybridized carbons (Fsp3) is 0.100. The molecule has 2 aromatic heterocycles. The smallest absolute Gasteiger partial charge is 0.272 e. The summed E-state index contributed by atoms with van der Waals surface area (Å²) >= 11 is 1.59. The summed E-state index contributed by atoms with van der Waals surface area (Å²) in [6.07, 6.45) is 0. The second-order valence-electron chi connectivity index (χ2n) is 3.11. The molecule has 0 fully saturated rings. The van der Waals surface area contributed by atoms with E-state index in [0.29, 0.717) is 12.4 Å². The standard InChI is InChI=1S/C10H10N4OS/c11-9-4-3-8(13-14-9)10(15)12-6-7-2-1-5-16-7/h1-5H,6H2,(H2,11,14)(H,12,15). The molecule has 0 radical (unpaired) electrons. The number of anilines is 1. The van der Waals surface area contributed by atoms with Gasteiger partial charge < -0.3 is 11.1 Å². The van der Waals surface area contributed by atoms with E-state index in [1.54, 1.807) is 23.5 Å². The number of nitrogens with two attached hydrogens (primary N) is 1. The van der Waals surface area contributed by atoms with E-state index in [1.165, 1.54) is 0 Å². The molecule has 2 rings (SSSR count). The Balaban J connectivity index is 1.95. The first kappa shape index (κ1) is 10.6. The highest BCUT2D eigenvalue weighted by Gasteiger charge is 2.07. The summed E-state index contributed by atoms with van der Waals surface area (Å²) < 4.78 is 0. The van der Waals surface area contributed by atoms with Gasteiger partial charge in [0.15, 0.2) is 5.69 Å². The first-order chi connectivity index (χ1) is 7.75. The molecule has 6 heteroatoms. The molecule has 0 spiro atoms. The molecule has 2 aromatic rings. The molecule has 16 heavy (non-hydrogen) atoms. The molecule has 2 heterocycles. The van der Waals surface area contributed by atoms with E-state index >= 15 is 0 Å². The Morgan fingerprint density at radius 2 is 2.25 bits per heavy atom. The average Bonchev–Trinajstić information content (AvgIpc) is 2.80. The van der Waals surface area contributed by atoms with E-state index in [9.17, 15) is 4.79 Å². The number of thiophene rings is 1. The number of hydrogen-bond donors (Lipinski definition) is 2. The molecule has 0 aliphatic carbocycles. The zero-order chi connectivity index (χ0) is 11.4. The SMILES string of the molecule is Nc1ccc(C(=O)NCc2cccs2)nn1. The monoisotopic (exact) mass is 234 g/mol. The van der Waals surface area contributed by atoms with Crippen LogP contribution in [-0.4, -0.2) is 16.1 Å². The molecule has 5 nitrogen and oxygen atoms in total. The summed E-state index contributed by atoms with van der Waals surface area (Å²) in [6.45, 7) is 0.503. The van der Waals surface area contributed by atoms with E-state index in [2.05, 4.69) is 15.5 Å². The summed E-state index contributed by atoms with van der Waals surface area (Å²) in [4.78, 5) is 12.7. The third-order valence-electron chi connectivity index (χ3n) is 1.92. The molecule has 0 aliphatic rings. The highest BCUT2D eigenvalue weighted by atomic mass is 32.1. The molecular formula is C10H10N4OS. The van der Waals surface area contributed by atoms with Crippen molar-refractivity contribution in [1.82, 2.24) is 15.5 Å². The van der Waals surface area contributed by atoms with Crippen LogP contribution in [0.1, 0.15) is 15.4 Å². The van der Waals surface area contributed by atoms with E-state index in [-0.39, 0.29) is 11.6 Å². The zero-order valence-corrected chi connectivity index (χ0v) is 9.20. The molecule has 0 unspecified atom stereocenters. The van der Waals surface area contributed by atoms with Gasteiger partial charge in [-0.1, -0.05) is 6.07 Å². The normalized spacial score (nSPS) is 10.0. The van der Waals surface area contributed by atoms with Crippen LogP contribution in [0.5, 0.6) is 0 Å². The van der Waals surface area contributed by atoms with Gasteiger partial charge in [0.1, 0.15) is 5.82 Å². The van der Waals surface area contributed by atoms with Gasteiger partial charge in [-0.2, -0.15) is 0 Å². The number of nitrogens with zero attached hydrogens (tertiary/aromatic N) is 2. The number of nitrogen functional groups attached to an aromatic ring is 1. The summed E-state index contributed by atoms with van der Waals surface area (Å²) in [5, 5.41) is 12.0. The van der Waals surface area contributed by atoms with Crippen molar-refractivity contribution in [3.63, 3.8) is 0 Å². The van der Waals surface area contributed by atoms with E-state index in [4.69, 9.17) is 5.73 Å². The van der Waals surface area contributed by atoms with Crippen LogP contribution in [0.4, 0.5) is 5.82 Å². The molecular weight excluding hydrogens is 224 g/mol. The minimum atomic E-state index is -0.249. The highest BCUT2D eigenvalue weighted by molar-refractivity contribution is 7.09. The number of rotatable bonds is 3. The Morgan fingerprint density at radius 1 is 1.38 bits per heavy atom. The highest BCUT2D eigenvalue weighted by Crippen LogP contribution is 2.07. The van der Waals surface area contributed by atoms with Crippen molar-refractivity contribution in [2.45, 2.75) is 6.54 Å². The molecule has 1 amide bonds. The number of nitrogens with one attached hydrogen (secondary N) is 1. The number of aromatic nitrogens is 2. The van der Waals surface area contributed by atoms with Gasteiger partial charge in [0, 0.05) is 4.88 Å². The first-order valence-electron chi connectivity index (χ1n) is 4.65. The Hall–Kier alpha value is -1.95. The van der Waals surface area contributed by atoms with Crippen molar-refractivity contribution in [1.29, 1.82) is 0 Å². The number of hydrogen-bond acceptors (Lipinski definition) is 5. The van der Waals surface area contributed by atoms with Crippen molar-refractivity contribution in [2.24, 2.45) is 0 Å². The van der Waals surface area contributed by atoms with Gasteiger partial charge in [-0.25, -0.2) is 0 Å². The summed E-state index contributed by atoms with van der Waals surface area (Å²) in [5.74, 6) is 0.0516. The van der Waals surface area contributed by atoms with Crippen LogP contribution in [0.15, 0.2) is 29.6 Å². The third-order valence-corrected chi connectivity index (χ3v) is 2.80. The van der Waals surface area contributed by atoms with Crippen molar-refractivity contribution in [2.75, 3.05) is 5.73 Å². The number of amides is 1.